The minimum absolute atomic E-state index is 0.159. The number of primary amides is 1. The summed E-state index contributed by atoms with van der Waals surface area (Å²) in [5.41, 5.74) is 9.09. The number of carbonyl (C=O) groups is 2. The van der Waals surface area contributed by atoms with Crippen LogP contribution in [-0.2, 0) is 6.54 Å². The van der Waals surface area contributed by atoms with Crippen LogP contribution in [0.3, 0.4) is 0 Å². The maximum atomic E-state index is 12.3. The minimum atomic E-state index is -0.611. The van der Waals surface area contributed by atoms with E-state index in [1.54, 1.807) is 30.5 Å². The van der Waals surface area contributed by atoms with E-state index in [2.05, 4.69) is 15.7 Å². The van der Waals surface area contributed by atoms with Crippen LogP contribution in [0.25, 0.3) is 5.69 Å². The largest absolute Gasteiger partial charge is 0.351 e. The van der Waals surface area contributed by atoms with Gasteiger partial charge < -0.3 is 16.4 Å². The lowest BCUT2D eigenvalue weighted by molar-refractivity contribution is 0.0951. The molecule has 0 saturated heterocycles. The molecular formula is C19H19N5O2. The second kappa shape index (κ2) is 7.52. The van der Waals surface area contributed by atoms with Crippen molar-refractivity contribution in [1.82, 2.24) is 15.1 Å². The lowest BCUT2D eigenvalue weighted by Crippen LogP contribution is -2.23. The molecule has 0 aliphatic rings. The predicted octanol–water partition coefficient (Wildman–Crippen LogP) is 2.60. The maximum Gasteiger partial charge on any atom is 0.316 e. The van der Waals surface area contributed by atoms with E-state index in [1.807, 2.05) is 41.9 Å². The number of carbonyl (C=O) groups excluding carboxylic acids is 2. The van der Waals surface area contributed by atoms with E-state index in [4.69, 9.17) is 5.73 Å². The monoisotopic (exact) mass is 349 g/mol. The number of nitrogens with two attached hydrogens (primary N) is 1. The zero-order valence-electron chi connectivity index (χ0n) is 14.3. The highest BCUT2D eigenvalue weighted by atomic mass is 16.2. The van der Waals surface area contributed by atoms with Gasteiger partial charge in [0.25, 0.3) is 5.91 Å². The molecule has 7 nitrogen and oxygen atoms in total. The summed E-state index contributed by atoms with van der Waals surface area (Å²) in [6, 6.07) is 15.7. The van der Waals surface area contributed by atoms with Crippen molar-refractivity contribution < 1.29 is 9.59 Å². The number of nitrogens with zero attached hydrogens (tertiary/aromatic N) is 2. The van der Waals surface area contributed by atoms with E-state index in [9.17, 15) is 9.59 Å². The second-order valence-electron chi connectivity index (χ2n) is 5.80. The number of urea groups is 1. The van der Waals surface area contributed by atoms with E-state index in [-0.39, 0.29) is 5.91 Å². The summed E-state index contributed by atoms with van der Waals surface area (Å²) in [4.78, 5) is 23.1. The number of benzene rings is 2. The highest BCUT2D eigenvalue weighted by Crippen LogP contribution is 2.12. The lowest BCUT2D eigenvalue weighted by atomic mass is 10.1. The first-order valence-corrected chi connectivity index (χ1v) is 8.07. The fraction of sp³-hybridized carbons (Fsp3) is 0.105. The first-order chi connectivity index (χ1) is 12.5. The van der Waals surface area contributed by atoms with Crippen LogP contribution < -0.4 is 16.4 Å². The number of rotatable bonds is 5. The van der Waals surface area contributed by atoms with Crippen molar-refractivity contribution in [3.05, 3.63) is 77.6 Å². The van der Waals surface area contributed by atoms with Crippen LogP contribution in [0, 0.1) is 6.92 Å². The van der Waals surface area contributed by atoms with Gasteiger partial charge >= 0.3 is 6.03 Å². The van der Waals surface area contributed by atoms with E-state index < -0.39 is 6.03 Å². The third-order valence-electron chi connectivity index (χ3n) is 3.88. The zero-order chi connectivity index (χ0) is 18.5. The first kappa shape index (κ1) is 17.2. The van der Waals surface area contributed by atoms with Crippen molar-refractivity contribution in [2.24, 2.45) is 5.73 Å². The maximum absolute atomic E-state index is 12.3. The molecule has 0 bridgehead atoms. The molecule has 4 N–H and O–H groups in total. The fourth-order valence-corrected chi connectivity index (χ4v) is 2.53. The van der Waals surface area contributed by atoms with Crippen molar-refractivity contribution in [2.45, 2.75) is 13.5 Å². The van der Waals surface area contributed by atoms with Gasteiger partial charge in [0.1, 0.15) is 0 Å². The molecule has 0 unspecified atom stereocenters. The third kappa shape index (κ3) is 4.07. The molecule has 0 spiro atoms. The minimum Gasteiger partial charge on any atom is -0.351 e. The van der Waals surface area contributed by atoms with Gasteiger partial charge in [-0.15, -0.1) is 0 Å². The van der Waals surface area contributed by atoms with E-state index >= 15 is 0 Å². The molecule has 0 aliphatic carbocycles. The van der Waals surface area contributed by atoms with Crippen LogP contribution in [0.5, 0.6) is 0 Å². The molecule has 0 radical (unpaired) electrons. The molecule has 1 aromatic heterocycles. The molecule has 2 aromatic carbocycles. The second-order valence-corrected chi connectivity index (χ2v) is 5.80. The van der Waals surface area contributed by atoms with Crippen molar-refractivity contribution in [3.8, 4) is 5.69 Å². The molecule has 132 valence electrons. The molecule has 3 rings (SSSR count). The van der Waals surface area contributed by atoms with Crippen LogP contribution in [0.15, 0.2) is 60.8 Å². The van der Waals surface area contributed by atoms with Gasteiger partial charge in [0.15, 0.2) is 0 Å². The van der Waals surface area contributed by atoms with Crippen LogP contribution in [0.2, 0.25) is 0 Å². The Labute approximate surface area is 150 Å². The first-order valence-electron chi connectivity index (χ1n) is 8.07. The zero-order valence-corrected chi connectivity index (χ0v) is 14.3. The van der Waals surface area contributed by atoms with Gasteiger partial charge in [-0.1, -0.05) is 12.1 Å². The van der Waals surface area contributed by atoms with Gasteiger partial charge in [-0.05, 0) is 55.0 Å². The Hall–Kier alpha value is -3.61. The van der Waals surface area contributed by atoms with Gasteiger partial charge in [-0.2, -0.15) is 5.10 Å². The summed E-state index contributed by atoms with van der Waals surface area (Å²) in [6.45, 7) is 2.35. The molecule has 3 amide bonds. The quantitative estimate of drug-likeness (QED) is 0.660. The van der Waals surface area contributed by atoms with Crippen LogP contribution in [0.4, 0.5) is 10.5 Å². The number of nitrogens with one attached hydrogen (secondary N) is 2. The SMILES string of the molecule is Cc1ccnn1-c1ccc(C(=O)NCc2ccc(NC(N)=O)cc2)cc1. The van der Waals surface area contributed by atoms with Crippen molar-refractivity contribution in [1.29, 1.82) is 0 Å². The van der Waals surface area contributed by atoms with E-state index in [1.165, 1.54) is 0 Å². The van der Waals surface area contributed by atoms with Crippen LogP contribution in [-0.4, -0.2) is 21.7 Å². The third-order valence-corrected chi connectivity index (χ3v) is 3.88. The van der Waals surface area contributed by atoms with Crippen LogP contribution in [0.1, 0.15) is 21.6 Å². The Morgan fingerprint density at radius 1 is 1.04 bits per heavy atom. The number of hydrogen-bond acceptors (Lipinski definition) is 3. The average molecular weight is 349 g/mol. The molecule has 0 aliphatic heterocycles. The summed E-state index contributed by atoms with van der Waals surface area (Å²) in [5, 5.41) is 9.60. The fourth-order valence-electron chi connectivity index (χ4n) is 2.53. The number of aryl methyl sites for hydroxylation is 1. The highest BCUT2D eigenvalue weighted by Gasteiger charge is 2.07. The normalized spacial score (nSPS) is 10.3. The van der Waals surface area contributed by atoms with Gasteiger partial charge in [-0.3, -0.25) is 4.79 Å². The van der Waals surface area contributed by atoms with Gasteiger partial charge in [0.2, 0.25) is 0 Å². The Bertz CT molecular complexity index is 914. The topological polar surface area (TPSA) is 102 Å². The van der Waals surface area contributed by atoms with Gasteiger partial charge in [0, 0.05) is 29.7 Å². The highest BCUT2D eigenvalue weighted by molar-refractivity contribution is 5.94. The summed E-state index contributed by atoms with van der Waals surface area (Å²) >= 11 is 0. The molecule has 26 heavy (non-hydrogen) atoms. The molecule has 7 heteroatoms. The number of hydrogen-bond donors (Lipinski definition) is 3. The van der Waals surface area contributed by atoms with Gasteiger partial charge in [0.05, 0.1) is 5.69 Å². The Morgan fingerprint density at radius 3 is 2.31 bits per heavy atom. The average Bonchev–Trinajstić information content (AvgIpc) is 3.06. The summed E-state index contributed by atoms with van der Waals surface area (Å²) < 4.78 is 1.81. The number of amides is 3. The Morgan fingerprint density at radius 2 is 1.73 bits per heavy atom. The Kier molecular flexibility index (Phi) is 4.98. The molecule has 0 saturated carbocycles. The standard InChI is InChI=1S/C19H19N5O2/c1-13-10-11-22-24(13)17-8-4-15(5-9-17)18(25)21-12-14-2-6-16(7-3-14)23-19(20)26/h2-11H,12H2,1H3,(H,21,25)(H3,20,23,26). The number of aromatic nitrogens is 2. The van der Waals surface area contributed by atoms with Crippen molar-refractivity contribution in [2.75, 3.05) is 5.32 Å². The van der Waals surface area contributed by atoms with Crippen molar-refractivity contribution in [3.63, 3.8) is 0 Å². The number of anilines is 1. The smallest absolute Gasteiger partial charge is 0.316 e. The lowest BCUT2D eigenvalue weighted by Gasteiger charge is -2.08. The van der Waals surface area contributed by atoms with Crippen molar-refractivity contribution >= 4 is 17.6 Å². The van der Waals surface area contributed by atoms with E-state index in [0.29, 0.717) is 17.8 Å². The molecule has 0 fully saturated rings. The summed E-state index contributed by atoms with van der Waals surface area (Å²) in [6.07, 6.45) is 1.74. The Balaban J connectivity index is 1.60. The molecule has 3 aromatic rings. The molecule has 0 atom stereocenters. The summed E-state index contributed by atoms with van der Waals surface area (Å²) in [5.74, 6) is -0.159. The van der Waals surface area contributed by atoms with Crippen LogP contribution >= 0.6 is 0 Å². The molecular weight excluding hydrogens is 330 g/mol. The van der Waals surface area contributed by atoms with E-state index in [0.717, 1.165) is 16.9 Å². The predicted molar refractivity (Wildman–Crippen MR) is 99.1 cm³/mol. The summed E-state index contributed by atoms with van der Waals surface area (Å²) in [7, 11) is 0. The molecule has 1 heterocycles. The van der Waals surface area contributed by atoms with Gasteiger partial charge in [-0.25, -0.2) is 9.48 Å².